The Morgan fingerprint density at radius 1 is 0.674 bits per heavy atom. The van der Waals surface area contributed by atoms with E-state index in [0.717, 1.165) is 29.7 Å². The minimum Gasteiger partial charge on any atom is -0.457 e. The van der Waals surface area contributed by atoms with Crippen LogP contribution in [0.25, 0.3) is 44.3 Å². The van der Waals surface area contributed by atoms with Crippen molar-refractivity contribution in [1.82, 2.24) is 48.7 Å². The fraction of sp³-hybridized carbons (Fsp3) is 0.323. The predicted molar refractivity (Wildman–Crippen MR) is 326 cm³/mol. The summed E-state index contributed by atoms with van der Waals surface area (Å²) in [6.45, 7) is 7.01. The first-order valence-corrected chi connectivity index (χ1v) is 28.9. The van der Waals surface area contributed by atoms with E-state index in [1.54, 1.807) is 24.2 Å². The van der Waals surface area contributed by atoms with Gasteiger partial charge in [-0.1, -0.05) is 66.7 Å². The molecule has 11 rings (SSSR count). The normalized spacial score (nSPS) is 17.0. The van der Waals surface area contributed by atoms with Crippen molar-refractivity contribution in [3.63, 3.8) is 0 Å². The molecule has 4 aromatic heterocycles. The van der Waals surface area contributed by atoms with E-state index in [9.17, 15) is 20.1 Å². The van der Waals surface area contributed by atoms with Crippen molar-refractivity contribution in [3.05, 3.63) is 157 Å². The van der Waals surface area contributed by atoms with Gasteiger partial charge in [-0.3, -0.25) is 19.4 Å². The molecule has 0 saturated carbocycles. The smallest absolute Gasteiger partial charge is 0.246 e. The number of benzene rings is 4. The van der Waals surface area contributed by atoms with E-state index in [0.29, 0.717) is 165 Å². The minimum absolute atomic E-state index is 0.0667. The maximum Gasteiger partial charge on any atom is 0.246 e. The van der Waals surface area contributed by atoms with Crippen LogP contribution >= 0.6 is 0 Å². The van der Waals surface area contributed by atoms with Gasteiger partial charge in [0.05, 0.1) is 49.3 Å². The van der Waals surface area contributed by atoms with Crippen LogP contribution in [0.15, 0.2) is 140 Å². The lowest BCUT2D eigenvalue weighted by Crippen LogP contribution is -2.32. The molecular formula is C65H68N14O7. The zero-order valence-electron chi connectivity index (χ0n) is 48.2. The van der Waals surface area contributed by atoms with Gasteiger partial charge >= 0.3 is 0 Å². The van der Waals surface area contributed by atoms with Crippen LogP contribution in [0.5, 0.6) is 23.0 Å². The lowest BCUT2D eigenvalue weighted by Gasteiger charge is -2.21. The Morgan fingerprint density at radius 2 is 1.21 bits per heavy atom. The maximum absolute atomic E-state index is 13.7. The number of nitrogen functional groups attached to an aromatic ring is 2. The Bertz CT molecular complexity index is 3850. The number of likely N-dealkylation sites (tertiary alicyclic amines) is 2. The van der Waals surface area contributed by atoms with Crippen molar-refractivity contribution >= 4 is 45.5 Å². The molecule has 3 saturated heterocycles. The highest BCUT2D eigenvalue weighted by atomic mass is 16.5. The number of carbonyl (C=O) groups excluding carboxylic acids is 2. The number of rotatable bonds is 23. The number of para-hydroxylation sites is 1. The third-order valence-electron chi connectivity index (χ3n) is 16.2. The lowest BCUT2D eigenvalue weighted by molar-refractivity contribution is -0.125. The van der Waals surface area contributed by atoms with Gasteiger partial charge in [0, 0.05) is 95.4 Å². The van der Waals surface area contributed by atoms with E-state index in [2.05, 4.69) is 41.9 Å². The summed E-state index contributed by atoms with van der Waals surface area (Å²) in [7, 11) is 3.70. The van der Waals surface area contributed by atoms with Crippen LogP contribution in [0.3, 0.4) is 0 Å². The monoisotopic (exact) mass is 1160 g/mol. The van der Waals surface area contributed by atoms with Crippen LogP contribution in [-0.2, 0) is 30.4 Å². The molecule has 21 nitrogen and oxygen atoms in total. The van der Waals surface area contributed by atoms with E-state index in [1.165, 1.54) is 12.7 Å². The van der Waals surface area contributed by atoms with Gasteiger partial charge in [-0.15, -0.1) is 0 Å². The SMILES string of the molecule is COCCN(C/C=C/C(=O)N1CC[C@@H](n2c(C#N)c(-c3ccc(Oc4ccccc4)cc3)c3c(N)ncnc32)C1)CCOCc1cccc(Oc2ccc(-c3c(C#N)n([C@@H]4CCN(C(=O)/C=C/CN(C)[C@@H]5CCOC5)C4)c4ncnc(N)c34)cc2)c1. The minimum atomic E-state index is -0.217. The summed E-state index contributed by atoms with van der Waals surface area (Å²) in [5.74, 6) is 2.92. The fourth-order valence-electron chi connectivity index (χ4n) is 11.7. The van der Waals surface area contributed by atoms with E-state index in [4.69, 9.17) is 35.2 Å². The van der Waals surface area contributed by atoms with Crippen molar-refractivity contribution < 1.29 is 33.3 Å². The van der Waals surface area contributed by atoms with Gasteiger partial charge in [0.15, 0.2) is 0 Å². The molecule has 0 aliphatic carbocycles. The molecule has 3 aliphatic heterocycles. The van der Waals surface area contributed by atoms with Gasteiger partial charge in [-0.2, -0.15) is 10.5 Å². The topological polar surface area (TPSA) is 254 Å². The summed E-state index contributed by atoms with van der Waals surface area (Å²) in [5.41, 5.74) is 18.6. The Morgan fingerprint density at radius 3 is 1.76 bits per heavy atom. The molecule has 21 heteroatoms. The molecule has 3 fully saturated rings. The Labute approximate surface area is 498 Å². The number of nitrogens with zero attached hydrogens (tertiary/aromatic N) is 12. The average Bonchev–Trinajstić information content (AvgIpc) is 2.95. The molecule has 0 bridgehead atoms. The first-order chi connectivity index (χ1) is 42.1. The zero-order valence-corrected chi connectivity index (χ0v) is 48.2. The van der Waals surface area contributed by atoms with Gasteiger partial charge in [0.25, 0.3) is 0 Å². The van der Waals surface area contributed by atoms with Gasteiger partial charge < -0.3 is 54.1 Å². The molecule has 0 radical (unpaired) electrons. The van der Waals surface area contributed by atoms with Gasteiger partial charge in [-0.05, 0) is 91.5 Å². The first-order valence-electron chi connectivity index (χ1n) is 28.9. The second kappa shape index (κ2) is 27.0. The molecule has 440 valence electrons. The number of anilines is 2. The Balaban J connectivity index is 0.677. The molecule has 2 amide bonds. The Kier molecular flexibility index (Phi) is 18.3. The second-order valence-electron chi connectivity index (χ2n) is 21.6. The number of hydrogen-bond donors (Lipinski definition) is 2. The molecule has 0 unspecified atom stereocenters. The molecular weight excluding hydrogens is 1090 g/mol. The van der Waals surface area contributed by atoms with Crippen LogP contribution in [0.4, 0.5) is 11.6 Å². The number of carbonyl (C=O) groups is 2. The number of fused-ring (bicyclic) bond motifs is 2. The summed E-state index contributed by atoms with van der Waals surface area (Å²) < 4.78 is 33.3. The quantitative estimate of drug-likeness (QED) is 0.0449. The average molecular weight is 1160 g/mol. The molecule has 3 atom stereocenters. The summed E-state index contributed by atoms with van der Waals surface area (Å²) in [6.07, 6.45) is 12.1. The highest BCUT2D eigenvalue weighted by molar-refractivity contribution is 6.04. The number of nitrogens with two attached hydrogens (primary N) is 2. The molecule has 0 spiro atoms. The van der Waals surface area contributed by atoms with E-state index < -0.39 is 0 Å². The first kappa shape index (κ1) is 58.3. The molecule has 4 aromatic carbocycles. The van der Waals surface area contributed by atoms with Gasteiger partial charge in [0.2, 0.25) is 11.8 Å². The highest BCUT2D eigenvalue weighted by Crippen LogP contribution is 2.43. The summed E-state index contributed by atoms with van der Waals surface area (Å²) in [5, 5.41) is 22.6. The van der Waals surface area contributed by atoms with E-state index >= 15 is 0 Å². The van der Waals surface area contributed by atoms with E-state index in [-0.39, 0.29) is 35.5 Å². The van der Waals surface area contributed by atoms with Crippen molar-refractivity contribution in [2.24, 2.45) is 0 Å². The molecule has 8 aromatic rings. The highest BCUT2D eigenvalue weighted by Gasteiger charge is 2.34. The third-order valence-corrected chi connectivity index (χ3v) is 16.2. The zero-order chi connectivity index (χ0) is 59.5. The van der Waals surface area contributed by atoms with Crippen LogP contribution in [0.1, 0.15) is 48.3 Å². The number of nitriles is 2. The largest absolute Gasteiger partial charge is 0.457 e. The number of hydrogen-bond acceptors (Lipinski definition) is 17. The lowest BCUT2D eigenvalue weighted by atomic mass is 10.0. The molecule has 7 heterocycles. The summed E-state index contributed by atoms with van der Waals surface area (Å²) >= 11 is 0. The molecule has 86 heavy (non-hydrogen) atoms. The van der Waals surface area contributed by atoms with E-state index in [1.807, 2.05) is 136 Å². The van der Waals surface area contributed by atoms with Gasteiger partial charge in [0.1, 0.15) is 82.1 Å². The van der Waals surface area contributed by atoms with Gasteiger partial charge in [-0.25, -0.2) is 19.9 Å². The fourth-order valence-corrected chi connectivity index (χ4v) is 11.7. The van der Waals surface area contributed by atoms with Crippen molar-refractivity contribution in [3.8, 4) is 57.4 Å². The van der Waals surface area contributed by atoms with Crippen LogP contribution in [-0.4, -0.2) is 159 Å². The summed E-state index contributed by atoms with van der Waals surface area (Å²) in [6, 6.07) is 37.0. The number of aromatic nitrogens is 6. The number of ether oxygens (including phenoxy) is 5. The van der Waals surface area contributed by atoms with Crippen LogP contribution in [0, 0.1) is 22.7 Å². The van der Waals surface area contributed by atoms with Crippen molar-refractivity contribution in [2.45, 2.75) is 44.0 Å². The Hall–Kier alpha value is -9.48. The number of likely N-dealkylation sites (N-methyl/N-ethyl adjacent to an activating group) is 1. The predicted octanol–water partition coefficient (Wildman–Crippen LogP) is 8.55. The number of methoxy groups -OCH3 is 1. The van der Waals surface area contributed by atoms with Crippen LogP contribution < -0.4 is 20.9 Å². The molecule has 3 aliphatic rings. The maximum atomic E-state index is 13.7. The molecule has 4 N–H and O–H groups in total. The van der Waals surface area contributed by atoms with Crippen LogP contribution in [0.2, 0.25) is 0 Å². The third kappa shape index (κ3) is 12.9. The number of amides is 2. The van der Waals surface area contributed by atoms with Crippen molar-refractivity contribution in [1.29, 1.82) is 10.5 Å². The van der Waals surface area contributed by atoms with Crippen molar-refractivity contribution in [2.75, 3.05) is 104 Å². The second-order valence-corrected chi connectivity index (χ2v) is 21.6. The standard InChI is InChI=1S/C65H68N14O7/c1-74(49-25-32-83-41-49)26-7-13-56(80)76-28-23-47(38-76)78-55(37-67)59(61-63(69)71-43-73-65(61)78)46-17-21-52(22-18-46)86-53-12-6-9-44(35-53)40-84-34-31-75(30-33-82-2)27-8-14-57(81)77-29-24-48(39-77)79-54(36-66)58(60-62(68)70-42-72-64(60)79)45-15-19-51(20-16-45)85-50-10-4-3-5-11-50/h3-22,35,42-43,47-49H,23-34,38-41H2,1-2H3,(H2,68,70,72)(H2,69,71,73)/b13-7+,14-8+/t47-,48-,49-/m1/s1. The summed E-state index contributed by atoms with van der Waals surface area (Å²) in [4.78, 5) is 52.9.